The first-order valence-electron chi connectivity index (χ1n) is 8.86. The first-order valence-corrected chi connectivity index (χ1v) is 9.85. The third kappa shape index (κ3) is 5.54. The Morgan fingerprint density at radius 2 is 2.03 bits per heavy atom. The molecule has 0 bridgehead atoms. The number of amides is 2. The van der Waals surface area contributed by atoms with Gasteiger partial charge in [-0.05, 0) is 46.8 Å². The van der Waals surface area contributed by atoms with Crippen LogP contribution in [0.5, 0.6) is 5.75 Å². The average Bonchev–Trinajstić information content (AvgIpc) is 3.13. The highest BCUT2D eigenvalue weighted by Crippen LogP contribution is 2.28. The lowest BCUT2D eigenvalue weighted by Crippen LogP contribution is -2.15. The topological polar surface area (TPSA) is 111 Å². The van der Waals surface area contributed by atoms with Gasteiger partial charge in [0.15, 0.2) is 0 Å². The predicted octanol–water partition coefficient (Wildman–Crippen LogP) is 2.73. The second-order valence-corrected chi connectivity index (χ2v) is 7.17. The Morgan fingerprint density at radius 1 is 1.20 bits per heavy atom. The van der Waals surface area contributed by atoms with E-state index in [1.807, 2.05) is 0 Å². The second kappa shape index (κ2) is 9.83. The third-order valence-electron chi connectivity index (χ3n) is 3.96. The van der Waals surface area contributed by atoms with Crippen LogP contribution in [-0.4, -0.2) is 44.9 Å². The molecule has 2 amide bonds. The van der Waals surface area contributed by atoms with E-state index in [9.17, 15) is 14.0 Å². The number of hydrogen-bond donors (Lipinski definition) is 2. The molecule has 0 aliphatic heterocycles. The van der Waals surface area contributed by atoms with Crippen molar-refractivity contribution in [3.63, 3.8) is 0 Å². The lowest BCUT2D eigenvalue weighted by Gasteiger charge is -2.13. The van der Waals surface area contributed by atoms with Crippen LogP contribution < -0.4 is 15.4 Å². The lowest BCUT2D eigenvalue weighted by atomic mass is 10.2. The van der Waals surface area contributed by atoms with E-state index in [0.717, 1.165) is 6.07 Å². The van der Waals surface area contributed by atoms with Crippen molar-refractivity contribution in [2.45, 2.75) is 11.6 Å². The minimum atomic E-state index is -0.509. The van der Waals surface area contributed by atoms with Crippen molar-refractivity contribution in [2.75, 3.05) is 23.5 Å². The van der Waals surface area contributed by atoms with E-state index in [0.29, 0.717) is 28.0 Å². The summed E-state index contributed by atoms with van der Waals surface area (Å²) in [5, 5.41) is 17.2. The van der Waals surface area contributed by atoms with Crippen molar-refractivity contribution >= 4 is 35.0 Å². The van der Waals surface area contributed by atoms with Gasteiger partial charge in [0.05, 0.1) is 12.8 Å². The number of nitrogens with one attached hydrogen (secondary N) is 2. The number of benzene rings is 2. The van der Waals surface area contributed by atoms with Crippen LogP contribution in [0.2, 0.25) is 0 Å². The minimum Gasteiger partial charge on any atom is -0.495 e. The molecule has 1 aromatic heterocycles. The van der Waals surface area contributed by atoms with Crippen molar-refractivity contribution in [1.82, 2.24) is 20.2 Å². The summed E-state index contributed by atoms with van der Waals surface area (Å²) in [6.45, 7) is 0. The zero-order chi connectivity index (χ0) is 21.5. The summed E-state index contributed by atoms with van der Waals surface area (Å²) in [4.78, 5) is 24.6. The Balaban J connectivity index is 1.62. The molecule has 0 radical (unpaired) electrons. The smallest absolute Gasteiger partial charge is 0.255 e. The van der Waals surface area contributed by atoms with E-state index in [1.165, 1.54) is 41.8 Å². The van der Waals surface area contributed by atoms with Crippen molar-refractivity contribution in [2.24, 2.45) is 7.05 Å². The molecule has 0 aliphatic rings. The van der Waals surface area contributed by atoms with Crippen molar-refractivity contribution in [3.05, 3.63) is 53.8 Å². The molecule has 0 saturated heterocycles. The summed E-state index contributed by atoms with van der Waals surface area (Å²) in [6, 6.07) is 10.2. The van der Waals surface area contributed by atoms with Gasteiger partial charge in [-0.25, -0.2) is 9.07 Å². The maximum Gasteiger partial charge on any atom is 0.255 e. The van der Waals surface area contributed by atoms with Gasteiger partial charge in [-0.1, -0.05) is 17.8 Å². The molecule has 11 heteroatoms. The van der Waals surface area contributed by atoms with E-state index < -0.39 is 11.7 Å². The molecule has 0 atom stereocenters. The maximum absolute atomic E-state index is 13.4. The van der Waals surface area contributed by atoms with E-state index in [1.54, 1.807) is 25.2 Å². The number of rotatable bonds is 8. The summed E-state index contributed by atoms with van der Waals surface area (Å²) in [5.74, 6) is -0.303. The highest BCUT2D eigenvalue weighted by atomic mass is 32.2. The average molecular weight is 430 g/mol. The van der Waals surface area contributed by atoms with Crippen LogP contribution >= 0.6 is 11.8 Å². The molecule has 0 fully saturated rings. The molecule has 30 heavy (non-hydrogen) atoms. The molecule has 0 spiro atoms. The number of tetrazole rings is 1. The van der Waals surface area contributed by atoms with Crippen LogP contribution in [0.15, 0.2) is 47.6 Å². The molecule has 3 rings (SSSR count). The first-order chi connectivity index (χ1) is 14.5. The molecule has 0 saturated carbocycles. The largest absolute Gasteiger partial charge is 0.495 e. The van der Waals surface area contributed by atoms with Crippen LogP contribution in [0, 0.1) is 5.82 Å². The quantitative estimate of drug-likeness (QED) is 0.529. The van der Waals surface area contributed by atoms with Crippen LogP contribution in [0.3, 0.4) is 0 Å². The number of nitrogens with zero attached hydrogens (tertiary/aromatic N) is 4. The number of carbonyl (C=O) groups is 2. The maximum atomic E-state index is 13.4. The molecule has 2 aromatic carbocycles. The summed E-state index contributed by atoms with van der Waals surface area (Å²) < 4.78 is 20.2. The monoisotopic (exact) mass is 430 g/mol. The molecular weight excluding hydrogens is 411 g/mol. The van der Waals surface area contributed by atoms with Gasteiger partial charge in [-0.15, -0.1) is 5.10 Å². The number of aromatic nitrogens is 4. The standard InChI is InChI=1S/C19H19FN6O3S/c1-26-19(23-24-25-26)30-9-8-17(27)21-14-6-7-16(29-2)15(11-14)22-18(28)12-4-3-5-13(20)10-12/h3-7,10-11H,8-9H2,1-2H3,(H,21,27)(H,22,28). The van der Waals surface area contributed by atoms with Crippen LogP contribution in [0.4, 0.5) is 15.8 Å². The van der Waals surface area contributed by atoms with Gasteiger partial charge in [0.1, 0.15) is 11.6 Å². The van der Waals surface area contributed by atoms with Gasteiger partial charge in [-0.2, -0.15) is 0 Å². The van der Waals surface area contributed by atoms with Gasteiger partial charge in [0.25, 0.3) is 5.91 Å². The molecule has 0 aliphatic carbocycles. The Bertz CT molecular complexity index is 1060. The Morgan fingerprint density at radius 3 is 2.73 bits per heavy atom. The number of thioether (sulfide) groups is 1. The van der Waals surface area contributed by atoms with E-state index >= 15 is 0 Å². The number of anilines is 2. The fourth-order valence-corrected chi connectivity index (χ4v) is 3.30. The Kier molecular flexibility index (Phi) is 6.96. The SMILES string of the molecule is COc1ccc(NC(=O)CCSc2nnnn2C)cc1NC(=O)c1cccc(F)c1. The fraction of sp³-hybridized carbons (Fsp3) is 0.211. The zero-order valence-corrected chi connectivity index (χ0v) is 17.1. The fourth-order valence-electron chi connectivity index (χ4n) is 2.51. The molecule has 0 unspecified atom stereocenters. The molecule has 1 heterocycles. The van der Waals surface area contributed by atoms with Crippen LogP contribution in [0.1, 0.15) is 16.8 Å². The number of aryl methyl sites for hydroxylation is 1. The number of hydrogen-bond acceptors (Lipinski definition) is 7. The summed E-state index contributed by atoms with van der Waals surface area (Å²) in [6.07, 6.45) is 0.245. The predicted molar refractivity (Wildman–Crippen MR) is 110 cm³/mol. The third-order valence-corrected chi connectivity index (χ3v) is 4.97. The molecule has 3 aromatic rings. The number of methoxy groups -OCH3 is 1. The number of halogens is 1. The molecule has 156 valence electrons. The van der Waals surface area contributed by atoms with Gasteiger partial charge >= 0.3 is 0 Å². The Hall–Kier alpha value is -3.47. The van der Waals surface area contributed by atoms with Gasteiger partial charge < -0.3 is 15.4 Å². The van der Waals surface area contributed by atoms with Gasteiger partial charge in [0, 0.05) is 30.5 Å². The Labute approximate surface area is 176 Å². The van der Waals surface area contributed by atoms with E-state index in [4.69, 9.17) is 4.74 Å². The first kappa shape index (κ1) is 21.2. The number of carbonyl (C=O) groups excluding carboxylic acids is 2. The van der Waals surface area contributed by atoms with E-state index in [-0.39, 0.29) is 17.9 Å². The molecule has 2 N–H and O–H groups in total. The second-order valence-electron chi connectivity index (χ2n) is 6.11. The zero-order valence-electron chi connectivity index (χ0n) is 16.3. The minimum absolute atomic E-state index is 0.168. The van der Waals surface area contributed by atoms with Crippen molar-refractivity contribution < 1.29 is 18.7 Å². The summed E-state index contributed by atoms with van der Waals surface area (Å²) >= 11 is 1.37. The highest BCUT2D eigenvalue weighted by Gasteiger charge is 2.13. The number of ether oxygens (including phenoxy) is 1. The van der Waals surface area contributed by atoms with Crippen LogP contribution in [-0.2, 0) is 11.8 Å². The van der Waals surface area contributed by atoms with E-state index in [2.05, 4.69) is 26.2 Å². The van der Waals surface area contributed by atoms with Crippen molar-refractivity contribution in [1.29, 1.82) is 0 Å². The summed E-state index contributed by atoms with van der Waals surface area (Å²) in [5.41, 5.74) is 1.01. The normalized spacial score (nSPS) is 10.5. The van der Waals surface area contributed by atoms with Gasteiger partial charge in [0.2, 0.25) is 11.1 Å². The lowest BCUT2D eigenvalue weighted by molar-refractivity contribution is -0.115. The highest BCUT2D eigenvalue weighted by molar-refractivity contribution is 7.99. The van der Waals surface area contributed by atoms with Crippen LogP contribution in [0.25, 0.3) is 0 Å². The van der Waals surface area contributed by atoms with Crippen molar-refractivity contribution in [3.8, 4) is 5.75 Å². The summed E-state index contributed by atoms with van der Waals surface area (Å²) in [7, 11) is 3.18. The molecular formula is C19H19FN6O3S. The van der Waals surface area contributed by atoms with Gasteiger partial charge in [-0.3, -0.25) is 9.59 Å². The molecule has 9 nitrogen and oxygen atoms in total.